The lowest BCUT2D eigenvalue weighted by atomic mass is 10.2. The number of fused-ring (bicyclic) bond motifs is 1. The molecule has 102 valence electrons. The largest absolute Gasteiger partial charge is 0.481 e. The second kappa shape index (κ2) is 6.19. The van der Waals surface area contributed by atoms with Gasteiger partial charge in [-0.2, -0.15) is 0 Å². The number of nitrogens with zero attached hydrogens (tertiary/aromatic N) is 2. The Morgan fingerprint density at radius 1 is 1.42 bits per heavy atom. The zero-order chi connectivity index (χ0) is 13.8. The first-order valence-electron chi connectivity index (χ1n) is 6.48. The molecule has 0 spiro atoms. The Morgan fingerprint density at radius 3 is 2.89 bits per heavy atom. The van der Waals surface area contributed by atoms with Gasteiger partial charge in [-0.05, 0) is 38.0 Å². The van der Waals surface area contributed by atoms with Crippen LogP contribution in [0.5, 0.6) is 0 Å². The van der Waals surface area contributed by atoms with E-state index in [1.54, 1.807) is 0 Å². The molecule has 0 aliphatic rings. The number of halogens is 1. The molecule has 1 heterocycles. The monoisotopic (exact) mass is 324 g/mol. The van der Waals surface area contributed by atoms with Gasteiger partial charge in [-0.1, -0.05) is 15.9 Å². The van der Waals surface area contributed by atoms with Crippen molar-refractivity contribution in [2.24, 2.45) is 0 Å². The van der Waals surface area contributed by atoms with Crippen molar-refractivity contribution in [3.05, 3.63) is 28.5 Å². The number of carboxylic acid groups (broad SMARTS) is 1. The Hall–Kier alpha value is -1.36. The van der Waals surface area contributed by atoms with Gasteiger partial charge in [0, 0.05) is 23.9 Å². The fraction of sp³-hybridized carbons (Fsp3) is 0.429. The van der Waals surface area contributed by atoms with Gasteiger partial charge < -0.3 is 9.67 Å². The molecule has 1 aromatic carbocycles. The smallest absolute Gasteiger partial charge is 0.303 e. The van der Waals surface area contributed by atoms with Gasteiger partial charge in [0.1, 0.15) is 5.82 Å². The van der Waals surface area contributed by atoms with Gasteiger partial charge in [0.05, 0.1) is 11.0 Å². The first kappa shape index (κ1) is 14.1. The molecule has 0 aliphatic heterocycles. The quantitative estimate of drug-likeness (QED) is 0.826. The van der Waals surface area contributed by atoms with E-state index in [9.17, 15) is 4.79 Å². The molecule has 0 saturated carbocycles. The number of hydrogen-bond donors (Lipinski definition) is 1. The molecule has 0 unspecified atom stereocenters. The molecule has 19 heavy (non-hydrogen) atoms. The third-order valence-electron chi connectivity index (χ3n) is 3.15. The minimum Gasteiger partial charge on any atom is -0.481 e. The standard InChI is InChI=1S/C14H17BrN2O2/c1-2-17-12-8-7-10(15)9-11(12)16-13(17)5-3-4-6-14(18)19/h7-9H,2-6H2,1H3,(H,18,19). The van der Waals surface area contributed by atoms with E-state index in [1.165, 1.54) is 0 Å². The number of benzene rings is 1. The minimum absolute atomic E-state index is 0.234. The van der Waals surface area contributed by atoms with Crippen molar-refractivity contribution in [3.8, 4) is 0 Å². The summed E-state index contributed by atoms with van der Waals surface area (Å²) >= 11 is 3.45. The minimum atomic E-state index is -0.729. The molecule has 2 rings (SSSR count). The number of imidazole rings is 1. The number of aliphatic carboxylic acids is 1. The molecule has 0 saturated heterocycles. The van der Waals surface area contributed by atoms with Crippen molar-refractivity contribution in [2.75, 3.05) is 0 Å². The van der Waals surface area contributed by atoms with Gasteiger partial charge in [0.2, 0.25) is 0 Å². The predicted octanol–water partition coefficient (Wildman–Crippen LogP) is 3.62. The maximum absolute atomic E-state index is 10.5. The molecule has 5 heteroatoms. The van der Waals surface area contributed by atoms with Crippen LogP contribution in [0.25, 0.3) is 11.0 Å². The molecular weight excluding hydrogens is 308 g/mol. The van der Waals surface area contributed by atoms with Gasteiger partial charge in [-0.15, -0.1) is 0 Å². The summed E-state index contributed by atoms with van der Waals surface area (Å²) in [7, 11) is 0. The Balaban J connectivity index is 2.15. The number of unbranched alkanes of at least 4 members (excludes halogenated alkanes) is 1. The lowest BCUT2D eigenvalue weighted by Gasteiger charge is -2.05. The van der Waals surface area contributed by atoms with E-state index >= 15 is 0 Å². The second-order valence-electron chi connectivity index (χ2n) is 4.51. The number of rotatable bonds is 6. The maximum Gasteiger partial charge on any atom is 0.303 e. The van der Waals surface area contributed by atoms with E-state index in [0.717, 1.165) is 40.7 Å². The topological polar surface area (TPSA) is 55.1 Å². The molecule has 0 amide bonds. The maximum atomic E-state index is 10.5. The van der Waals surface area contributed by atoms with Gasteiger partial charge in [0.15, 0.2) is 0 Å². The van der Waals surface area contributed by atoms with Crippen LogP contribution in [0.1, 0.15) is 32.0 Å². The highest BCUT2D eigenvalue weighted by molar-refractivity contribution is 9.10. The molecule has 0 atom stereocenters. The molecule has 1 N–H and O–H groups in total. The predicted molar refractivity (Wildman–Crippen MR) is 78.3 cm³/mol. The van der Waals surface area contributed by atoms with Crippen LogP contribution in [0.2, 0.25) is 0 Å². The van der Waals surface area contributed by atoms with E-state index in [1.807, 2.05) is 12.1 Å². The summed E-state index contributed by atoms with van der Waals surface area (Å²) < 4.78 is 3.22. The fourth-order valence-electron chi connectivity index (χ4n) is 2.26. The second-order valence-corrected chi connectivity index (χ2v) is 5.42. The van der Waals surface area contributed by atoms with Crippen LogP contribution < -0.4 is 0 Å². The average Bonchev–Trinajstić information content (AvgIpc) is 2.70. The van der Waals surface area contributed by atoms with Crippen LogP contribution in [0.15, 0.2) is 22.7 Å². The number of carboxylic acids is 1. The Kier molecular flexibility index (Phi) is 4.58. The van der Waals surface area contributed by atoms with Crippen molar-refractivity contribution in [1.29, 1.82) is 0 Å². The summed E-state index contributed by atoms with van der Waals surface area (Å²) in [4.78, 5) is 15.1. The van der Waals surface area contributed by atoms with E-state index in [0.29, 0.717) is 6.42 Å². The summed E-state index contributed by atoms with van der Waals surface area (Å²) in [5.74, 6) is 0.314. The SMILES string of the molecule is CCn1c(CCCCC(=O)O)nc2cc(Br)ccc21. The number of aromatic nitrogens is 2. The van der Waals surface area contributed by atoms with Crippen LogP contribution in [0.4, 0.5) is 0 Å². The van der Waals surface area contributed by atoms with Crippen molar-refractivity contribution in [2.45, 2.75) is 39.2 Å². The zero-order valence-electron chi connectivity index (χ0n) is 10.9. The van der Waals surface area contributed by atoms with Crippen LogP contribution >= 0.6 is 15.9 Å². The molecule has 0 fully saturated rings. The molecule has 0 bridgehead atoms. The Labute approximate surface area is 120 Å². The van der Waals surface area contributed by atoms with Crippen LogP contribution in [-0.4, -0.2) is 20.6 Å². The average molecular weight is 325 g/mol. The zero-order valence-corrected chi connectivity index (χ0v) is 12.5. The van der Waals surface area contributed by atoms with Gasteiger partial charge in [0.25, 0.3) is 0 Å². The summed E-state index contributed by atoms with van der Waals surface area (Å²) in [6.07, 6.45) is 2.62. The molecule has 2 aromatic rings. The molecule has 0 radical (unpaired) electrons. The highest BCUT2D eigenvalue weighted by atomic mass is 79.9. The van der Waals surface area contributed by atoms with Crippen molar-refractivity contribution < 1.29 is 9.90 Å². The number of carbonyl (C=O) groups is 1. The Morgan fingerprint density at radius 2 is 2.21 bits per heavy atom. The van der Waals surface area contributed by atoms with Crippen molar-refractivity contribution in [3.63, 3.8) is 0 Å². The normalized spacial score (nSPS) is 11.1. The van der Waals surface area contributed by atoms with E-state index in [4.69, 9.17) is 5.11 Å². The first-order valence-corrected chi connectivity index (χ1v) is 7.27. The van der Waals surface area contributed by atoms with Crippen LogP contribution in [0, 0.1) is 0 Å². The van der Waals surface area contributed by atoms with E-state index in [-0.39, 0.29) is 6.42 Å². The highest BCUT2D eigenvalue weighted by Crippen LogP contribution is 2.21. The Bertz CT molecular complexity index is 592. The lowest BCUT2D eigenvalue weighted by molar-refractivity contribution is -0.137. The fourth-order valence-corrected chi connectivity index (χ4v) is 2.60. The van der Waals surface area contributed by atoms with E-state index in [2.05, 4.69) is 38.5 Å². The molecule has 4 nitrogen and oxygen atoms in total. The summed E-state index contributed by atoms with van der Waals surface area (Å²) in [6.45, 7) is 2.98. The summed E-state index contributed by atoms with van der Waals surface area (Å²) in [5, 5.41) is 8.63. The summed E-state index contributed by atoms with van der Waals surface area (Å²) in [6, 6.07) is 6.10. The highest BCUT2D eigenvalue weighted by Gasteiger charge is 2.09. The summed E-state index contributed by atoms with van der Waals surface area (Å²) in [5.41, 5.74) is 2.13. The van der Waals surface area contributed by atoms with Crippen molar-refractivity contribution >= 4 is 32.9 Å². The number of hydrogen-bond acceptors (Lipinski definition) is 2. The third-order valence-corrected chi connectivity index (χ3v) is 3.64. The molecule has 1 aromatic heterocycles. The molecule has 0 aliphatic carbocycles. The van der Waals surface area contributed by atoms with Crippen LogP contribution in [0.3, 0.4) is 0 Å². The number of aryl methyl sites for hydroxylation is 2. The van der Waals surface area contributed by atoms with Crippen LogP contribution in [-0.2, 0) is 17.8 Å². The van der Waals surface area contributed by atoms with E-state index < -0.39 is 5.97 Å². The van der Waals surface area contributed by atoms with Gasteiger partial charge >= 0.3 is 5.97 Å². The lowest BCUT2D eigenvalue weighted by Crippen LogP contribution is -2.02. The van der Waals surface area contributed by atoms with Gasteiger partial charge in [-0.25, -0.2) is 4.98 Å². The van der Waals surface area contributed by atoms with Crippen molar-refractivity contribution in [1.82, 2.24) is 9.55 Å². The first-order chi connectivity index (χ1) is 9.11. The third kappa shape index (κ3) is 3.35. The van der Waals surface area contributed by atoms with Gasteiger partial charge in [-0.3, -0.25) is 4.79 Å². The molecular formula is C14H17BrN2O2.